The van der Waals surface area contributed by atoms with Crippen LogP contribution in [0.1, 0.15) is 17.2 Å². The topological polar surface area (TPSA) is 12.0 Å². The first-order valence-corrected chi connectivity index (χ1v) is 7.41. The molecule has 0 radical (unpaired) electrons. The predicted molar refractivity (Wildman–Crippen MR) is 79.4 cm³/mol. The van der Waals surface area contributed by atoms with E-state index in [4.69, 9.17) is 23.2 Å². The molecule has 90 valence electrons. The number of nitrogens with one attached hydrogen (secondary N) is 1. The van der Waals surface area contributed by atoms with E-state index in [1.165, 1.54) is 5.56 Å². The summed E-state index contributed by atoms with van der Waals surface area (Å²) in [6.45, 7) is 0. The Morgan fingerprint density at radius 2 is 2.06 bits per heavy atom. The molecule has 0 saturated heterocycles. The number of rotatable bonds is 3. The van der Waals surface area contributed by atoms with Crippen LogP contribution in [0.4, 0.5) is 0 Å². The maximum Gasteiger partial charge on any atom is 0.0701 e. The van der Waals surface area contributed by atoms with Crippen LogP contribution in [0.15, 0.2) is 33.4 Å². The number of hydrogen-bond donors (Lipinski definition) is 1. The molecule has 0 saturated carbocycles. The molecule has 5 heteroatoms. The minimum atomic E-state index is 0.0855. The summed E-state index contributed by atoms with van der Waals surface area (Å²) in [6.07, 6.45) is 0. The largest absolute Gasteiger partial charge is 0.309 e. The summed E-state index contributed by atoms with van der Waals surface area (Å²) in [7, 11) is 1.92. The lowest BCUT2D eigenvalue weighted by Gasteiger charge is -2.17. The van der Waals surface area contributed by atoms with E-state index in [0.29, 0.717) is 10.0 Å². The third-order valence-electron chi connectivity index (χ3n) is 2.48. The third-order valence-corrected chi connectivity index (χ3v) is 4.57. The normalized spacial score (nSPS) is 12.7. The van der Waals surface area contributed by atoms with Gasteiger partial charge >= 0.3 is 0 Å². The first kappa shape index (κ1) is 13.4. The quantitative estimate of drug-likeness (QED) is 0.809. The van der Waals surface area contributed by atoms with Crippen LogP contribution in [0.3, 0.4) is 0 Å². The van der Waals surface area contributed by atoms with E-state index < -0.39 is 0 Å². The van der Waals surface area contributed by atoms with Crippen molar-refractivity contribution in [3.05, 3.63) is 54.6 Å². The molecule has 0 bridgehead atoms. The Hall–Kier alpha value is -0.0600. The zero-order valence-electron chi connectivity index (χ0n) is 9.01. The average molecular weight is 351 g/mol. The zero-order valence-corrected chi connectivity index (χ0v) is 12.9. The molecule has 1 unspecified atom stereocenters. The number of hydrogen-bond acceptors (Lipinski definition) is 2. The first-order valence-electron chi connectivity index (χ1n) is 4.98. The fourth-order valence-electron chi connectivity index (χ4n) is 1.71. The summed E-state index contributed by atoms with van der Waals surface area (Å²) in [5.41, 5.74) is 2.22. The molecule has 1 heterocycles. The summed E-state index contributed by atoms with van der Waals surface area (Å²) in [5, 5.41) is 6.71. The molecule has 1 aromatic carbocycles. The number of halogens is 3. The summed E-state index contributed by atoms with van der Waals surface area (Å²) < 4.78 is 1.11. The maximum absolute atomic E-state index is 6.23. The van der Waals surface area contributed by atoms with Crippen molar-refractivity contribution in [3.63, 3.8) is 0 Å². The third kappa shape index (κ3) is 3.04. The molecule has 0 spiro atoms. The molecule has 2 rings (SSSR count). The fraction of sp³-hybridized carbons (Fsp3) is 0.167. The summed E-state index contributed by atoms with van der Waals surface area (Å²) in [4.78, 5) is 0. The van der Waals surface area contributed by atoms with Gasteiger partial charge in [-0.2, -0.15) is 0 Å². The van der Waals surface area contributed by atoms with E-state index in [-0.39, 0.29) is 6.04 Å². The highest BCUT2D eigenvalue weighted by atomic mass is 79.9. The predicted octanol–water partition coefficient (Wildman–Crippen LogP) is 5.13. The van der Waals surface area contributed by atoms with Crippen molar-refractivity contribution < 1.29 is 0 Å². The minimum absolute atomic E-state index is 0.0855. The Morgan fingerprint density at radius 1 is 1.29 bits per heavy atom. The molecule has 0 aliphatic rings. The van der Waals surface area contributed by atoms with Gasteiger partial charge in [-0.1, -0.05) is 29.3 Å². The SMILES string of the molecule is CNC(c1csc(Br)c1)c1ccc(Cl)cc1Cl. The highest BCUT2D eigenvalue weighted by Crippen LogP contribution is 2.33. The van der Waals surface area contributed by atoms with Gasteiger partial charge in [0, 0.05) is 10.0 Å². The Kier molecular flexibility index (Phi) is 4.50. The van der Waals surface area contributed by atoms with E-state index in [1.807, 2.05) is 19.2 Å². The van der Waals surface area contributed by atoms with Crippen LogP contribution in [-0.4, -0.2) is 7.05 Å². The Labute approximate surface area is 123 Å². The second-order valence-corrected chi connectivity index (χ2v) is 6.71. The standard InChI is InChI=1S/C12H10BrCl2NS/c1-16-12(7-4-11(13)17-6-7)9-3-2-8(14)5-10(9)15/h2-6,12,16H,1H3. The lowest BCUT2D eigenvalue weighted by atomic mass is 10.0. The highest BCUT2D eigenvalue weighted by molar-refractivity contribution is 9.11. The molecule has 1 N–H and O–H groups in total. The van der Waals surface area contributed by atoms with Gasteiger partial charge in [-0.3, -0.25) is 0 Å². The van der Waals surface area contributed by atoms with Crippen molar-refractivity contribution in [2.45, 2.75) is 6.04 Å². The molecule has 0 aliphatic heterocycles. The Balaban J connectivity index is 2.42. The van der Waals surface area contributed by atoms with Crippen LogP contribution in [0.25, 0.3) is 0 Å². The molecule has 0 aliphatic carbocycles. The van der Waals surface area contributed by atoms with E-state index in [0.717, 1.165) is 9.35 Å². The molecule has 17 heavy (non-hydrogen) atoms. The molecule has 1 nitrogen and oxygen atoms in total. The number of benzene rings is 1. The van der Waals surface area contributed by atoms with Crippen LogP contribution in [0, 0.1) is 0 Å². The van der Waals surface area contributed by atoms with Gasteiger partial charge in [0.05, 0.1) is 9.83 Å². The molecule has 1 atom stereocenters. The lowest BCUT2D eigenvalue weighted by molar-refractivity contribution is 0.694. The van der Waals surface area contributed by atoms with Crippen molar-refractivity contribution >= 4 is 50.5 Å². The number of thiophene rings is 1. The van der Waals surface area contributed by atoms with Crippen LogP contribution in [0.5, 0.6) is 0 Å². The monoisotopic (exact) mass is 349 g/mol. The van der Waals surface area contributed by atoms with Crippen molar-refractivity contribution in [2.75, 3.05) is 7.05 Å². The second-order valence-electron chi connectivity index (χ2n) is 3.57. The smallest absolute Gasteiger partial charge is 0.0701 e. The van der Waals surface area contributed by atoms with E-state index in [2.05, 4.69) is 32.7 Å². The van der Waals surface area contributed by atoms with Gasteiger partial charge in [0.15, 0.2) is 0 Å². The summed E-state index contributed by atoms with van der Waals surface area (Å²) >= 11 is 17.3. The Bertz CT molecular complexity index is 527. The van der Waals surface area contributed by atoms with Crippen molar-refractivity contribution in [2.24, 2.45) is 0 Å². The summed E-state index contributed by atoms with van der Waals surface area (Å²) in [6, 6.07) is 7.76. The molecule has 0 amide bonds. The Morgan fingerprint density at radius 3 is 2.59 bits per heavy atom. The van der Waals surface area contributed by atoms with Gasteiger partial charge in [0.2, 0.25) is 0 Å². The second kappa shape index (κ2) is 5.72. The van der Waals surface area contributed by atoms with Crippen LogP contribution in [-0.2, 0) is 0 Å². The van der Waals surface area contributed by atoms with Gasteiger partial charge in [0.25, 0.3) is 0 Å². The van der Waals surface area contributed by atoms with Crippen LogP contribution >= 0.6 is 50.5 Å². The van der Waals surface area contributed by atoms with Crippen molar-refractivity contribution in [3.8, 4) is 0 Å². The lowest BCUT2D eigenvalue weighted by Crippen LogP contribution is -2.17. The van der Waals surface area contributed by atoms with E-state index in [1.54, 1.807) is 17.4 Å². The van der Waals surface area contributed by atoms with Gasteiger partial charge in [0.1, 0.15) is 0 Å². The van der Waals surface area contributed by atoms with Crippen molar-refractivity contribution in [1.29, 1.82) is 0 Å². The van der Waals surface area contributed by atoms with Crippen molar-refractivity contribution in [1.82, 2.24) is 5.32 Å². The van der Waals surface area contributed by atoms with E-state index >= 15 is 0 Å². The van der Waals surface area contributed by atoms with Crippen LogP contribution in [0.2, 0.25) is 10.0 Å². The van der Waals surface area contributed by atoms with Crippen LogP contribution < -0.4 is 5.32 Å². The van der Waals surface area contributed by atoms with Gasteiger partial charge in [-0.15, -0.1) is 11.3 Å². The van der Waals surface area contributed by atoms with E-state index in [9.17, 15) is 0 Å². The fourth-order valence-corrected chi connectivity index (χ4v) is 3.43. The van der Waals surface area contributed by atoms with Gasteiger partial charge in [-0.05, 0) is 57.7 Å². The molecular formula is C12H10BrCl2NS. The molecule has 2 aromatic rings. The summed E-state index contributed by atoms with van der Waals surface area (Å²) in [5.74, 6) is 0. The van der Waals surface area contributed by atoms with Gasteiger partial charge < -0.3 is 5.32 Å². The zero-order chi connectivity index (χ0) is 12.4. The molecule has 0 fully saturated rings. The highest BCUT2D eigenvalue weighted by Gasteiger charge is 2.16. The molecular weight excluding hydrogens is 341 g/mol. The average Bonchev–Trinajstić information content (AvgIpc) is 2.69. The minimum Gasteiger partial charge on any atom is -0.309 e. The first-order chi connectivity index (χ1) is 8.11. The maximum atomic E-state index is 6.23. The molecule has 1 aromatic heterocycles. The van der Waals surface area contributed by atoms with Gasteiger partial charge in [-0.25, -0.2) is 0 Å².